The first-order valence-electron chi connectivity index (χ1n) is 9.69. The molecule has 1 aromatic carbocycles. The molecule has 24 heavy (non-hydrogen) atoms. The number of benzene rings is 1. The highest BCUT2D eigenvalue weighted by atomic mass is 15.2. The normalized spacial score (nSPS) is 11.6. The summed E-state index contributed by atoms with van der Waals surface area (Å²) in [7, 11) is 0. The van der Waals surface area contributed by atoms with Crippen LogP contribution >= 0.6 is 0 Å². The summed E-state index contributed by atoms with van der Waals surface area (Å²) in [5, 5.41) is 0. The molecule has 0 radical (unpaired) electrons. The molecule has 134 valence electrons. The number of para-hydroxylation sites is 2. The maximum absolute atomic E-state index is 6.10. The zero-order chi connectivity index (χ0) is 17.2. The van der Waals surface area contributed by atoms with Gasteiger partial charge in [0.15, 0.2) is 0 Å². The van der Waals surface area contributed by atoms with E-state index in [9.17, 15) is 0 Å². The zero-order valence-corrected chi connectivity index (χ0v) is 15.5. The van der Waals surface area contributed by atoms with Crippen molar-refractivity contribution in [3.05, 3.63) is 24.3 Å². The van der Waals surface area contributed by atoms with Crippen LogP contribution in [-0.2, 0) is 6.54 Å². The first-order valence-corrected chi connectivity index (χ1v) is 9.69. The number of imidazole rings is 1. The third kappa shape index (κ3) is 5.52. The van der Waals surface area contributed by atoms with Gasteiger partial charge in [-0.05, 0) is 51.0 Å². The number of aromatic nitrogens is 2. The molecule has 0 aliphatic heterocycles. The number of fused-ring (bicyclic) bond motifs is 1. The number of aryl methyl sites for hydroxylation is 1. The third-order valence-electron chi connectivity index (χ3n) is 4.70. The minimum Gasteiger partial charge on any atom is -0.369 e. The number of rotatable bonds is 12. The number of nitrogen functional groups attached to an aromatic ring is 1. The van der Waals surface area contributed by atoms with Crippen LogP contribution in [-0.4, -0.2) is 34.1 Å². The molecule has 1 heterocycles. The van der Waals surface area contributed by atoms with Gasteiger partial charge in [-0.1, -0.05) is 51.7 Å². The minimum atomic E-state index is 0.639. The highest BCUT2D eigenvalue weighted by Crippen LogP contribution is 2.17. The molecule has 0 unspecified atom stereocenters. The fourth-order valence-electron chi connectivity index (χ4n) is 3.29. The quantitative estimate of drug-likeness (QED) is 0.574. The summed E-state index contributed by atoms with van der Waals surface area (Å²) in [5.74, 6) is 0.639. The molecule has 0 saturated heterocycles. The minimum absolute atomic E-state index is 0.639. The average Bonchev–Trinajstić information content (AvgIpc) is 2.90. The third-order valence-corrected chi connectivity index (χ3v) is 4.70. The Morgan fingerprint density at radius 2 is 1.54 bits per heavy atom. The molecular weight excluding hydrogens is 296 g/mol. The van der Waals surface area contributed by atoms with Crippen molar-refractivity contribution in [2.75, 3.05) is 25.4 Å². The molecule has 0 aliphatic rings. The van der Waals surface area contributed by atoms with Crippen molar-refractivity contribution < 1.29 is 0 Å². The smallest absolute Gasteiger partial charge is 0.201 e. The number of nitrogens with zero attached hydrogens (tertiary/aromatic N) is 3. The zero-order valence-electron chi connectivity index (χ0n) is 15.5. The lowest BCUT2D eigenvalue weighted by molar-refractivity contribution is 0.255. The largest absolute Gasteiger partial charge is 0.369 e. The SMILES string of the molecule is CCCCCN(CCCCC)CCCn1c(N)nc2ccccc21. The van der Waals surface area contributed by atoms with Gasteiger partial charge < -0.3 is 15.2 Å². The van der Waals surface area contributed by atoms with Crippen molar-refractivity contribution in [3.8, 4) is 0 Å². The Morgan fingerprint density at radius 3 is 2.21 bits per heavy atom. The van der Waals surface area contributed by atoms with Gasteiger partial charge in [-0.2, -0.15) is 0 Å². The van der Waals surface area contributed by atoms with Crippen molar-refractivity contribution in [1.82, 2.24) is 14.5 Å². The number of nitrogens with two attached hydrogens (primary N) is 1. The first kappa shape index (κ1) is 18.8. The summed E-state index contributed by atoms with van der Waals surface area (Å²) >= 11 is 0. The Hall–Kier alpha value is -1.55. The molecule has 0 fully saturated rings. The van der Waals surface area contributed by atoms with E-state index in [-0.39, 0.29) is 0 Å². The van der Waals surface area contributed by atoms with Crippen molar-refractivity contribution in [3.63, 3.8) is 0 Å². The summed E-state index contributed by atoms with van der Waals surface area (Å²) in [5.41, 5.74) is 8.25. The van der Waals surface area contributed by atoms with E-state index in [1.807, 2.05) is 12.1 Å². The van der Waals surface area contributed by atoms with E-state index >= 15 is 0 Å². The van der Waals surface area contributed by atoms with Crippen LogP contribution in [0.1, 0.15) is 58.8 Å². The number of anilines is 1. The molecule has 2 rings (SSSR count). The summed E-state index contributed by atoms with van der Waals surface area (Å²) in [6.07, 6.45) is 9.02. The molecule has 4 heteroatoms. The van der Waals surface area contributed by atoms with Crippen LogP contribution in [0.5, 0.6) is 0 Å². The maximum atomic E-state index is 6.10. The lowest BCUT2D eigenvalue weighted by atomic mass is 10.2. The number of hydrogen-bond donors (Lipinski definition) is 1. The summed E-state index contributed by atoms with van der Waals surface area (Å²) in [6, 6.07) is 8.22. The second kappa shape index (κ2) is 10.3. The Kier molecular flexibility index (Phi) is 8.10. The van der Waals surface area contributed by atoms with E-state index in [0.717, 1.165) is 30.5 Å². The van der Waals surface area contributed by atoms with Gasteiger partial charge in [-0.25, -0.2) is 4.98 Å². The Balaban J connectivity index is 1.86. The highest BCUT2D eigenvalue weighted by molar-refractivity contribution is 5.78. The monoisotopic (exact) mass is 330 g/mol. The van der Waals surface area contributed by atoms with E-state index < -0.39 is 0 Å². The first-order chi connectivity index (χ1) is 11.8. The van der Waals surface area contributed by atoms with Crippen LogP contribution in [0.2, 0.25) is 0 Å². The van der Waals surface area contributed by atoms with Gasteiger partial charge in [-0.15, -0.1) is 0 Å². The topological polar surface area (TPSA) is 47.1 Å². The molecule has 1 aromatic heterocycles. The molecule has 4 nitrogen and oxygen atoms in total. The summed E-state index contributed by atoms with van der Waals surface area (Å²) < 4.78 is 2.16. The Morgan fingerprint density at radius 1 is 0.917 bits per heavy atom. The molecule has 2 N–H and O–H groups in total. The molecule has 0 atom stereocenters. The predicted octanol–water partition coefficient (Wildman–Crippen LogP) is 4.69. The van der Waals surface area contributed by atoms with Gasteiger partial charge in [0.2, 0.25) is 5.95 Å². The standard InChI is InChI=1S/C20H34N4/c1-3-5-9-14-23(15-10-6-4-2)16-11-17-24-19-13-8-7-12-18(19)22-20(24)21/h7-8,12-13H,3-6,9-11,14-17H2,1-2H3,(H2,21,22). The van der Waals surface area contributed by atoms with Crippen LogP contribution in [0.4, 0.5) is 5.95 Å². The lowest BCUT2D eigenvalue weighted by Crippen LogP contribution is -2.28. The van der Waals surface area contributed by atoms with Gasteiger partial charge in [0.1, 0.15) is 0 Å². The van der Waals surface area contributed by atoms with Crippen molar-refractivity contribution in [1.29, 1.82) is 0 Å². The number of unbranched alkanes of at least 4 members (excludes halogenated alkanes) is 4. The fourth-order valence-corrected chi connectivity index (χ4v) is 3.29. The molecular formula is C20H34N4. The Labute approximate surface area is 147 Å². The van der Waals surface area contributed by atoms with E-state index in [2.05, 4.69) is 40.4 Å². The predicted molar refractivity (Wildman–Crippen MR) is 104 cm³/mol. The number of hydrogen-bond acceptors (Lipinski definition) is 3. The van der Waals surface area contributed by atoms with Crippen molar-refractivity contribution in [2.24, 2.45) is 0 Å². The van der Waals surface area contributed by atoms with Crippen molar-refractivity contribution >= 4 is 17.0 Å². The second-order valence-electron chi connectivity index (χ2n) is 6.72. The molecule has 0 amide bonds. The van der Waals surface area contributed by atoms with Crippen LogP contribution in [0.3, 0.4) is 0 Å². The summed E-state index contributed by atoms with van der Waals surface area (Å²) in [4.78, 5) is 7.10. The maximum Gasteiger partial charge on any atom is 0.201 e. The van der Waals surface area contributed by atoms with Gasteiger partial charge in [0.25, 0.3) is 0 Å². The van der Waals surface area contributed by atoms with E-state index in [1.54, 1.807) is 0 Å². The molecule has 0 spiro atoms. The highest BCUT2D eigenvalue weighted by Gasteiger charge is 2.09. The lowest BCUT2D eigenvalue weighted by Gasteiger charge is -2.22. The van der Waals surface area contributed by atoms with E-state index in [4.69, 9.17) is 5.73 Å². The van der Waals surface area contributed by atoms with Gasteiger partial charge >= 0.3 is 0 Å². The molecule has 0 saturated carbocycles. The van der Waals surface area contributed by atoms with Gasteiger partial charge in [-0.3, -0.25) is 0 Å². The second-order valence-corrected chi connectivity index (χ2v) is 6.72. The van der Waals surface area contributed by atoms with E-state index in [0.29, 0.717) is 5.95 Å². The van der Waals surface area contributed by atoms with Crippen LogP contribution in [0, 0.1) is 0 Å². The van der Waals surface area contributed by atoms with E-state index in [1.165, 1.54) is 51.6 Å². The fraction of sp³-hybridized carbons (Fsp3) is 0.650. The van der Waals surface area contributed by atoms with Crippen LogP contribution < -0.4 is 5.73 Å². The molecule has 0 aliphatic carbocycles. The average molecular weight is 331 g/mol. The van der Waals surface area contributed by atoms with Gasteiger partial charge in [0.05, 0.1) is 11.0 Å². The molecule has 0 bridgehead atoms. The van der Waals surface area contributed by atoms with Crippen LogP contribution in [0.15, 0.2) is 24.3 Å². The van der Waals surface area contributed by atoms with Crippen LogP contribution in [0.25, 0.3) is 11.0 Å². The summed E-state index contributed by atoms with van der Waals surface area (Å²) in [6.45, 7) is 9.11. The van der Waals surface area contributed by atoms with Gasteiger partial charge in [0, 0.05) is 6.54 Å². The van der Waals surface area contributed by atoms with Crippen molar-refractivity contribution in [2.45, 2.75) is 65.3 Å². The Bertz CT molecular complexity index is 580. The molecule has 2 aromatic rings.